The van der Waals surface area contributed by atoms with Crippen LogP contribution in [0.15, 0.2) is 47.3 Å². The van der Waals surface area contributed by atoms with E-state index in [4.69, 9.17) is 0 Å². The van der Waals surface area contributed by atoms with Crippen LogP contribution in [0, 0.1) is 29.1 Å². The van der Waals surface area contributed by atoms with Gasteiger partial charge >= 0.3 is 0 Å². The van der Waals surface area contributed by atoms with E-state index in [9.17, 15) is 24.9 Å². The van der Waals surface area contributed by atoms with Gasteiger partial charge < -0.3 is 20.6 Å². The molecule has 1 saturated heterocycles. The topological polar surface area (TPSA) is 107 Å². The number of Topliss-reactive ketones (excluding diaryl/α,β-unsaturated/α-hetero) is 1. The van der Waals surface area contributed by atoms with E-state index in [-0.39, 0.29) is 29.1 Å². The summed E-state index contributed by atoms with van der Waals surface area (Å²) in [4.78, 5) is 25.4. The highest BCUT2D eigenvalue weighted by Gasteiger charge is 2.54. The second-order valence-electron chi connectivity index (χ2n) is 10.1. The van der Waals surface area contributed by atoms with Gasteiger partial charge in [0.25, 0.3) is 5.91 Å². The number of nitrogens with one attached hydrogen (secondary N) is 1. The van der Waals surface area contributed by atoms with Gasteiger partial charge in [0, 0.05) is 11.3 Å². The monoisotopic (exact) mass is 443 g/mol. The van der Waals surface area contributed by atoms with Crippen LogP contribution in [0.2, 0.25) is 0 Å². The highest BCUT2D eigenvalue weighted by molar-refractivity contribution is 6.27. The third-order valence-corrected chi connectivity index (χ3v) is 7.60. The molecule has 0 aromatic heterocycles. The van der Waals surface area contributed by atoms with Crippen LogP contribution in [0.5, 0.6) is 0 Å². The fourth-order valence-electron chi connectivity index (χ4n) is 5.91. The van der Waals surface area contributed by atoms with Gasteiger partial charge in [-0.15, -0.1) is 0 Å². The van der Waals surface area contributed by atoms with Crippen molar-refractivity contribution >= 4 is 11.7 Å². The Labute approximate surface area is 190 Å². The van der Waals surface area contributed by atoms with Crippen molar-refractivity contribution in [1.82, 2.24) is 5.32 Å². The van der Waals surface area contributed by atoms with E-state index in [1.807, 2.05) is 38.2 Å². The number of hydrogen-bond acceptors (Lipinski definition) is 5. The summed E-state index contributed by atoms with van der Waals surface area (Å²) < 4.78 is 0. The summed E-state index contributed by atoms with van der Waals surface area (Å²) in [5.41, 5.74) is 0.0895. The Hall–Kier alpha value is -2.18. The van der Waals surface area contributed by atoms with Crippen molar-refractivity contribution in [1.29, 1.82) is 0 Å². The summed E-state index contributed by atoms with van der Waals surface area (Å²) in [5, 5.41) is 33.0. The molecular formula is C26H37NO5. The Kier molecular flexibility index (Phi) is 7.46. The molecule has 1 amide bonds. The Morgan fingerprint density at radius 1 is 1.31 bits per heavy atom. The van der Waals surface area contributed by atoms with Crippen molar-refractivity contribution in [2.75, 3.05) is 6.61 Å². The largest absolute Gasteiger partial charge is 0.511 e. The zero-order valence-corrected chi connectivity index (χ0v) is 19.5. The van der Waals surface area contributed by atoms with Crippen molar-refractivity contribution in [3.8, 4) is 0 Å². The molecule has 2 aliphatic carbocycles. The second-order valence-corrected chi connectivity index (χ2v) is 10.1. The zero-order chi connectivity index (χ0) is 23.6. The lowest BCUT2D eigenvalue weighted by molar-refractivity contribution is -0.118. The standard InChI is InChI=1S/C26H37NO5/c1-15-10-11-20-18(12-15)13-16(2)19(9-7-5-6-8-17(3)29)26(20,4)24(31)22-23(30)21(14-28)27-25(22)32/h5-7,9,13,15,17-21,28-29,31H,8,10-12,14H2,1-4H3,(H,27,32)/b6-5+,9-7+,24-22+/t15-,17+,18+,19+,20-,21+,26-/m0/s1. The Morgan fingerprint density at radius 2 is 2.03 bits per heavy atom. The highest BCUT2D eigenvalue weighted by atomic mass is 16.3. The van der Waals surface area contributed by atoms with Crippen LogP contribution in [0.4, 0.5) is 0 Å². The van der Waals surface area contributed by atoms with E-state index >= 15 is 0 Å². The number of aliphatic hydroxyl groups excluding tert-OH is 3. The molecule has 2 fully saturated rings. The molecule has 0 unspecified atom stereocenters. The van der Waals surface area contributed by atoms with Gasteiger partial charge in [0.1, 0.15) is 17.4 Å². The molecule has 6 heteroatoms. The van der Waals surface area contributed by atoms with E-state index in [0.29, 0.717) is 12.3 Å². The van der Waals surface area contributed by atoms with Gasteiger partial charge in [0.2, 0.25) is 0 Å². The Morgan fingerprint density at radius 3 is 2.66 bits per heavy atom. The van der Waals surface area contributed by atoms with Gasteiger partial charge in [0.15, 0.2) is 5.78 Å². The molecule has 176 valence electrons. The predicted molar refractivity (Wildman–Crippen MR) is 124 cm³/mol. The molecular weight excluding hydrogens is 406 g/mol. The third-order valence-electron chi connectivity index (χ3n) is 7.60. The first-order chi connectivity index (χ1) is 15.1. The normalized spacial score (nSPS) is 38.1. The number of fused-ring (bicyclic) bond motifs is 1. The molecule has 6 nitrogen and oxygen atoms in total. The molecule has 1 aliphatic heterocycles. The molecule has 0 aromatic carbocycles. The number of carbonyl (C=O) groups excluding carboxylic acids is 2. The number of carbonyl (C=O) groups is 2. The number of aliphatic hydroxyl groups is 3. The van der Waals surface area contributed by atoms with Crippen molar-refractivity contribution in [2.24, 2.45) is 29.1 Å². The van der Waals surface area contributed by atoms with E-state index in [0.717, 1.165) is 24.8 Å². The quantitative estimate of drug-likeness (QED) is 0.166. The number of ketones is 1. The number of hydrogen-bond donors (Lipinski definition) is 4. The number of rotatable bonds is 6. The molecule has 7 atom stereocenters. The number of allylic oxidation sites excluding steroid dienone is 6. The second kappa shape index (κ2) is 9.75. The van der Waals surface area contributed by atoms with Crippen molar-refractivity contribution < 1.29 is 24.9 Å². The Bertz CT molecular complexity index is 867. The molecule has 3 aliphatic rings. The van der Waals surface area contributed by atoms with Crippen LogP contribution in [-0.2, 0) is 9.59 Å². The summed E-state index contributed by atoms with van der Waals surface area (Å²) in [6.45, 7) is 7.51. The van der Waals surface area contributed by atoms with Gasteiger partial charge in [-0.25, -0.2) is 0 Å². The van der Waals surface area contributed by atoms with E-state index < -0.39 is 35.9 Å². The molecule has 0 spiro atoms. The summed E-state index contributed by atoms with van der Waals surface area (Å²) in [7, 11) is 0. The SMILES string of the molecule is CC1=C[C@H]2C[C@@H](C)CC[C@@H]2[C@@](C)(/C(O)=C2\C(=O)N[C@H](CO)C2=O)[C@@H]1/C=C/C=C/C[C@@H](C)O. The maximum atomic E-state index is 12.8. The first kappa shape index (κ1) is 24.5. The maximum absolute atomic E-state index is 12.8. The average Bonchev–Trinajstić information content (AvgIpc) is 3.01. The molecule has 0 bridgehead atoms. The van der Waals surface area contributed by atoms with Gasteiger partial charge in [-0.2, -0.15) is 0 Å². The molecule has 4 N–H and O–H groups in total. The van der Waals surface area contributed by atoms with Crippen molar-refractivity contribution in [3.63, 3.8) is 0 Å². The van der Waals surface area contributed by atoms with Gasteiger partial charge in [-0.3, -0.25) is 9.59 Å². The molecule has 1 saturated carbocycles. The van der Waals surface area contributed by atoms with Gasteiger partial charge in [-0.1, -0.05) is 56.2 Å². The fraction of sp³-hybridized carbons (Fsp3) is 0.615. The first-order valence-electron chi connectivity index (χ1n) is 11.7. The Balaban J connectivity index is 2.08. The first-order valence-corrected chi connectivity index (χ1v) is 11.7. The van der Waals surface area contributed by atoms with Crippen LogP contribution < -0.4 is 5.32 Å². The summed E-state index contributed by atoms with van der Waals surface area (Å²) >= 11 is 0. The number of amides is 1. The fourth-order valence-corrected chi connectivity index (χ4v) is 5.91. The molecule has 32 heavy (non-hydrogen) atoms. The van der Waals surface area contributed by atoms with E-state index in [1.165, 1.54) is 0 Å². The van der Waals surface area contributed by atoms with E-state index in [2.05, 4.69) is 18.3 Å². The summed E-state index contributed by atoms with van der Waals surface area (Å²) in [5.74, 6) is -0.533. The minimum Gasteiger partial charge on any atom is -0.511 e. The molecule has 3 rings (SSSR count). The van der Waals surface area contributed by atoms with Crippen LogP contribution in [0.3, 0.4) is 0 Å². The van der Waals surface area contributed by atoms with Crippen LogP contribution in [-0.4, -0.2) is 45.8 Å². The minimum absolute atomic E-state index is 0.0970. The summed E-state index contributed by atoms with van der Waals surface area (Å²) in [6.07, 6.45) is 13.1. The van der Waals surface area contributed by atoms with Crippen molar-refractivity contribution in [3.05, 3.63) is 47.3 Å². The molecule has 0 aromatic rings. The lowest BCUT2D eigenvalue weighted by Crippen LogP contribution is -2.46. The summed E-state index contributed by atoms with van der Waals surface area (Å²) in [6, 6.07) is -0.997. The van der Waals surface area contributed by atoms with Crippen LogP contribution >= 0.6 is 0 Å². The van der Waals surface area contributed by atoms with Crippen LogP contribution in [0.1, 0.15) is 53.4 Å². The smallest absolute Gasteiger partial charge is 0.259 e. The highest BCUT2D eigenvalue weighted by Crippen LogP contribution is 2.57. The van der Waals surface area contributed by atoms with Crippen LogP contribution in [0.25, 0.3) is 0 Å². The molecule has 0 radical (unpaired) electrons. The van der Waals surface area contributed by atoms with Gasteiger partial charge in [-0.05, 0) is 50.9 Å². The molecule has 1 heterocycles. The van der Waals surface area contributed by atoms with Crippen molar-refractivity contribution in [2.45, 2.75) is 65.5 Å². The zero-order valence-electron chi connectivity index (χ0n) is 19.5. The lowest BCUT2D eigenvalue weighted by Gasteiger charge is -2.52. The minimum atomic E-state index is -0.997. The van der Waals surface area contributed by atoms with E-state index in [1.54, 1.807) is 6.92 Å². The third kappa shape index (κ3) is 4.48. The maximum Gasteiger partial charge on any atom is 0.259 e. The lowest BCUT2D eigenvalue weighted by atomic mass is 9.52. The van der Waals surface area contributed by atoms with Gasteiger partial charge in [0.05, 0.1) is 12.7 Å². The average molecular weight is 444 g/mol. The predicted octanol–water partition coefficient (Wildman–Crippen LogP) is 3.38.